The Morgan fingerprint density at radius 3 is 1.31 bits per heavy atom. The minimum atomic E-state index is -4.38. The number of unbranched alkanes of at least 4 members (excludes halogenated alkanes) is 18. The van der Waals surface area contributed by atoms with Gasteiger partial charge >= 0.3 is 7.82 Å². The van der Waals surface area contributed by atoms with E-state index in [1.54, 1.807) is 6.08 Å². The number of carbonyl (C=O) groups is 1. The maximum atomic E-state index is 12.9. The summed E-state index contributed by atoms with van der Waals surface area (Å²) in [4.78, 5) is 23.2. The number of phosphoric ester groups is 1. The number of phosphoric acid groups is 1. The quantitative estimate of drug-likeness (QED) is 0.0243. The molecule has 0 aliphatic carbocycles. The Kier molecular flexibility index (Phi) is 48.6. The smallest absolute Gasteiger partial charge is 0.387 e. The van der Waals surface area contributed by atoms with Gasteiger partial charge in [0.2, 0.25) is 5.91 Å². The number of aliphatic hydroxyl groups is 1. The Morgan fingerprint density at radius 1 is 0.500 bits per heavy atom. The van der Waals surface area contributed by atoms with E-state index in [1.165, 1.54) is 103 Å². The number of nitrogens with zero attached hydrogens (tertiary/aromatic N) is 1. The molecule has 1 amide bonds. The fraction of sp³-hybridized carbons (Fsp3) is 0.656. The van der Waals surface area contributed by atoms with E-state index in [-0.39, 0.29) is 25.5 Å². The molecule has 0 radical (unpaired) electrons. The number of aliphatic hydroxyl groups excluding tert-OH is 1. The van der Waals surface area contributed by atoms with Crippen LogP contribution >= 0.6 is 7.82 Å². The van der Waals surface area contributed by atoms with E-state index in [0.717, 1.165) is 77.0 Å². The molecule has 0 bridgehead atoms. The summed E-state index contributed by atoms with van der Waals surface area (Å²) in [6.07, 6.45) is 76.0. The monoisotopic (exact) mass is 994 g/mol. The lowest BCUT2D eigenvalue weighted by atomic mass is 10.0. The van der Waals surface area contributed by atoms with Gasteiger partial charge in [-0.3, -0.25) is 13.8 Å². The molecule has 0 saturated carbocycles. The van der Waals surface area contributed by atoms with Gasteiger partial charge in [-0.2, -0.15) is 0 Å². The van der Waals surface area contributed by atoms with E-state index in [0.29, 0.717) is 17.4 Å². The van der Waals surface area contributed by atoms with E-state index in [1.807, 2.05) is 27.2 Å². The average molecular weight is 995 g/mol. The third-order valence-electron chi connectivity index (χ3n) is 11.6. The van der Waals surface area contributed by atoms with Gasteiger partial charge in [-0.25, -0.2) is 4.57 Å². The summed E-state index contributed by atoms with van der Waals surface area (Å²) < 4.78 is 23.6. The molecule has 0 rings (SSSR count). The number of carbonyl (C=O) groups excluding carboxylic acids is 1. The molecular formula is C61H106N2O6P+. The Morgan fingerprint density at radius 2 is 0.871 bits per heavy atom. The minimum Gasteiger partial charge on any atom is -0.387 e. The van der Waals surface area contributed by atoms with Gasteiger partial charge in [0.1, 0.15) is 13.2 Å². The largest absolute Gasteiger partial charge is 0.472 e. The summed E-state index contributed by atoms with van der Waals surface area (Å²) in [5.74, 6) is -0.253. The summed E-state index contributed by atoms with van der Waals surface area (Å²) in [7, 11) is 1.49. The van der Waals surface area contributed by atoms with E-state index in [4.69, 9.17) is 9.05 Å². The first-order chi connectivity index (χ1) is 34.0. The molecular weight excluding hydrogens is 888 g/mol. The van der Waals surface area contributed by atoms with Gasteiger partial charge in [0, 0.05) is 6.42 Å². The summed E-state index contributed by atoms with van der Waals surface area (Å²) in [6, 6.07) is -0.911. The first-order valence-corrected chi connectivity index (χ1v) is 29.4. The van der Waals surface area contributed by atoms with Crippen molar-refractivity contribution in [2.45, 2.75) is 219 Å². The van der Waals surface area contributed by atoms with Crippen molar-refractivity contribution in [3.8, 4) is 0 Å². The fourth-order valence-corrected chi connectivity index (χ4v) is 8.03. The van der Waals surface area contributed by atoms with Crippen LogP contribution in [0.2, 0.25) is 0 Å². The third kappa shape index (κ3) is 52.7. The molecule has 0 aromatic rings. The van der Waals surface area contributed by atoms with Crippen molar-refractivity contribution in [2.75, 3.05) is 40.9 Å². The molecule has 9 heteroatoms. The Balaban J connectivity index is 4.46. The highest BCUT2D eigenvalue weighted by Crippen LogP contribution is 2.43. The molecule has 0 saturated heterocycles. The number of amides is 1. The standard InChI is InChI=1S/C61H105N2O6P/c1-6-8-10-12-14-16-18-20-22-24-26-28-30-31-33-34-36-38-40-42-44-46-48-50-52-54-60(64)59(58-69-70(66,67)68-57-56-63(3,4)5)62-61(65)55-53-51-49-47-45-43-41-39-37-35-32-29-27-25-23-21-19-17-15-13-11-9-7-2/h9,11,15,17,21,23,27,29,35-38,41,43-44,46-47,49,52,54,59-60,64H,6-8,10,12-14,16,18-20,22,24-26,28,30-34,39-40,42,45,48,50-51,53,55-58H2,1-5H3,(H-,62,65,66,67)/p+1/b11-9-,17-15-,23-21-,29-27-,37-35-,38-36+,43-41-,46-44+,49-47-,54-52+. The zero-order chi connectivity index (χ0) is 51.3. The molecule has 8 nitrogen and oxygen atoms in total. The highest BCUT2D eigenvalue weighted by molar-refractivity contribution is 7.47. The SMILES string of the molecule is CC/C=C\C/C=C\C/C=C\C/C=C\C/C=C\C/C=C\C/C=C\CCCC(=O)NC(COP(=O)(O)OCC[N+](C)(C)C)C(O)/C=C/CC/C=C/CC/C=C/CCCCCCCCCCCCCCCCC. The number of hydrogen-bond acceptors (Lipinski definition) is 5. The number of hydrogen-bond donors (Lipinski definition) is 3. The molecule has 0 aromatic carbocycles. The number of allylic oxidation sites excluding steroid dienone is 19. The minimum absolute atomic E-state index is 0.0355. The number of rotatable bonds is 49. The molecule has 3 atom stereocenters. The summed E-state index contributed by atoms with van der Waals surface area (Å²) in [5.41, 5.74) is 0. The summed E-state index contributed by atoms with van der Waals surface area (Å²) in [6.45, 7) is 4.62. The van der Waals surface area contributed by atoms with Crippen molar-refractivity contribution < 1.29 is 32.9 Å². The molecule has 400 valence electrons. The molecule has 0 fully saturated rings. The Hall–Kier alpha value is -3.10. The van der Waals surface area contributed by atoms with Crippen molar-refractivity contribution in [1.29, 1.82) is 0 Å². The van der Waals surface area contributed by atoms with Crippen molar-refractivity contribution >= 4 is 13.7 Å². The van der Waals surface area contributed by atoms with Gasteiger partial charge in [0.15, 0.2) is 0 Å². The lowest BCUT2D eigenvalue weighted by Gasteiger charge is -2.25. The van der Waals surface area contributed by atoms with E-state index >= 15 is 0 Å². The molecule has 3 unspecified atom stereocenters. The Labute approximate surface area is 431 Å². The van der Waals surface area contributed by atoms with Crippen molar-refractivity contribution in [2.24, 2.45) is 0 Å². The number of likely N-dealkylation sites (N-methyl/N-ethyl adjacent to an activating group) is 1. The van der Waals surface area contributed by atoms with Crippen molar-refractivity contribution in [3.63, 3.8) is 0 Å². The first kappa shape index (κ1) is 66.9. The average Bonchev–Trinajstić information content (AvgIpc) is 3.32. The van der Waals surface area contributed by atoms with Crippen LogP contribution in [-0.2, 0) is 18.4 Å². The molecule has 0 aliphatic heterocycles. The van der Waals surface area contributed by atoms with E-state index in [2.05, 4.69) is 129 Å². The van der Waals surface area contributed by atoms with Crippen LogP contribution in [0, 0.1) is 0 Å². The molecule has 0 aliphatic rings. The molecule has 0 heterocycles. The molecule has 70 heavy (non-hydrogen) atoms. The zero-order valence-corrected chi connectivity index (χ0v) is 46.4. The topological polar surface area (TPSA) is 105 Å². The van der Waals surface area contributed by atoms with Gasteiger partial charge in [-0.05, 0) is 96.3 Å². The Bertz CT molecular complexity index is 1550. The van der Waals surface area contributed by atoms with E-state index < -0.39 is 20.0 Å². The fourth-order valence-electron chi connectivity index (χ4n) is 7.30. The van der Waals surface area contributed by atoms with Gasteiger partial charge in [-0.15, -0.1) is 0 Å². The molecule has 0 spiro atoms. The number of nitrogens with one attached hydrogen (secondary N) is 1. The highest BCUT2D eigenvalue weighted by atomic mass is 31.2. The predicted molar refractivity (Wildman–Crippen MR) is 304 cm³/mol. The first-order valence-electron chi connectivity index (χ1n) is 27.9. The second kappa shape index (κ2) is 50.8. The van der Waals surface area contributed by atoms with Gasteiger partial charge in [0.25, 0.3) is 0 Å². The predicted octanol–water partition coefficient (Wildman–Crippen LogP) is 17.0. The normalized spacial score (nSPS) is 14.9. The highest BCUT2D eigenvalue weighted by Gasteiger charge is 2.27. The second-order valence-corrected chi connectivity index (χ2v) is 21.0. The lowest BCUT2D eigenvalue weighted by Crippen LogP contribution is -2.45. The maximum absolute atomic E-state index is 12.9. The molecule has 3 N–H and O–H groups in total. The lowest BCUT2D eigenvalue weighted by molar-refractivity contribution is -0.870. The van der Waals surface area contributed by atoms with Gasteiger partial charge in [-0.1, -0.05) is 225 Å². The number of quaternary nitrogens is 1. The van der Waals surface area contributed by atoms with Crippen molar-refractivity contribution in [3.05, 3.63) is 122 Å². The van der Waals surface area contributed by atoms with Crippen LogP contribution in [0.15, 0.2) is 122 Å². The second-order valence-electron chi connectivity index (χ2n) is 19.6. The van der Waals surface area contributed by atoms with Crippen molar-refractivity contribution in [1.82, 2.24) is 5.32 Å². The van der Waals surface area contributed by atoms with Crippen LogP contribution in [0.3, 0.4) is 0 Å². The summed E-state index contributed by atoms with van der Waals surface area (Å²) in [5, 5.41) is 13.9. The van der Waals surface area contributed by atoms with Crippen LogP contribution in [0.25, 0.3) is 0 Å². The zero-order valence-electron chi connectivity index (χ0n) is 45.5. The molecule has 0 aromatic heterocycles. The van der Waals surface area contributed by atoms with E-state index in [9.17, 15) is 19.4 Å². The van der Waals surface area contributed by atoms with Crippen LogP contribution in [0.4, 0.5) is 0 Å². The van der Waals surface area contributed by atoms with Gasteiger partial charge < -0.3 is 19.8 Å². The third-order valence-corrected chi connectivity index (χ3v) is 12.6. The summed E-state index contributed by atoms with van der Waals surface area (Å²) >= 11 is 0. The maximum Gasteiger partial charge on any atom is 0.472 e. The van der Waals surface area contributed by atoms with Crippen LogP contribution in [0.5, 0.6) is 0 Å². The van der Waals surface area contributed by atoms with Crippen LogP contribution < -0.4 is 5.32 Å². The van der Waals surface area contributed by atoms with Crippen LogP contribution in [0.1, 0.15) is 206 Å². The van der Waals surface area contributed by atoms with Crippen LogP contribution in [-0.4, -0.2) is 73.4 Å². The van der Waals surface area contributed by atoms with Gasteiger partial charge in [0.05, 0.1) is 39.9 Å².